The Morgan fingerprint density at radius 3 is 3.03 bits per heavy atom. The largest absolute Gasteiger partial charge is 0.389 e. The van der Waals surface area contributed by atoms with E-state index in [0.29, 0.717) is 31.0 Å². The summed E-state index contributed by atoms with van der Waals surface area (Å²) in [5.74, 6) is 0.709. The molecule has 2 aromatic rings. The number of aromatic nitrogens is 2. The number of likely N-dealkylation sites (N-methyl/N-ethyl adjacent to an activating group) is 1. The molecule has 4 rings (SSSR count). The topological polar surface area (TPSA) is 102 Å². The van der Waals surface area contributed by atoms with Gasteiger partial charge in [-0.05, 0) is 31.0 Å². The molecule has 1 aliphatic carbocycles. The van der Waals surface area contributed by atoms with Crippen LogP contribution in [-0.2, 0) is 16.0 Å². The standard InChI is InChI=1S/C20H26ClN5O3/c1-25(15-4-5-16(20(15)29)26-9-8-22-18(27)11-26)19(28)7-6-17-23-13-3-2-12(21)10-14(13)24-17/h2-3,10,15-16,20,29H,4-9,11H2,1H3,(H,22,27)(H,23,24)/t15-,16-,20-/m1/s1. The molecule has 29 heavy (non-hydrogen) atoms. The first-order chi connectivity index (χ1) is 13.9. The Labute approximate surface area is 174 Å². The fourth-order valence-corrected chi connectivity index (χ4v) is 4.61. The van der Waals surface area contributed by atoms with E-state index in [1.807, 2.05) is 17.0 Å². The van der Waals surface area contributed by atoms with Gasteiger partial charge in [0, 0.05) is 44.0 Å². The first-order valence-corrected chi connectivity index (χ1v) is 10.4. The number of nitrogens with zero attached hydrogens (tertiary/aromatic N) is 3. The molecule has 0 spiro atoms. The van der Waals surface area contributed by atoms with Crippen molar-refractivity contribution in [3.8, 4) is 0 Å². The maximum atomic E-state index is 12.7. The van der Waals surface area contributed by atoms with Gasteiger partial charge in [0.2, 0.25) is 11.8 Å². The van der Waals surface area contributed by atoms with Gasteiger partial charge in [-0.2, -0.15) is 0 Å². The highest BCUT2D eigenvalue weighted by atomic mass is 35.5. The van der Waals surface area contributed by atoms with Gasteiger partial charge in [-0.1, -0.05) is 11.6 Å². The number of carbonyl (C=O) groups excluding carboxylic acids is 2. The summed E-state index contributed by atoms with van der Waals surface area (Å²) in [5, 5.41) is 14.3. The number of H-pyrrole nitrogens is 1. The first kappa shape index (κ1) is 20.1. The van der Waals surface area contributed by atoms with E-state index in [1.54, 1.807) is 18.0 Å². The third-order valence-electron chi connectivity index (χ3n) is 6.04. The Hall–Kier alpha value is -2.16. The lowest BCUT2D eigenvalue weighted by Gasteiger charge is -2.35. The molecule has 1 aromatic heterocycles. The van der Waals surface area contributed by atoms with Gasteiger partial charge in [-0.3, -0.25) is 14.5 Å². The van der Waals surface area contributed by atoms with E-state index in [4.69, 9.17) is 11.6 Å². The summed E-state index contributed by atoms with van der Waals surface area (Å²) >= 11 is 6.00. The molecule has 0 unspecified atom stereocenters. The van der Waals surface area contributed by atoms with Gasteiger partial charge in [0.15, 0.2) is 0 Å². The van der Waals surface area contributed by atoms with Crippen molar-refractivity contribution in [1.29, 1.82) is 0 Å². The number of rotatable bonds is 5. The summed E-state index contributed by atoms with van der Waals surface area (Å²) < 4.78 is 0. The predicted octanol–water partition coefficient (Wildman–Crippen LogP) is 0.931. The van der Waals surface area contributed by atoms with Crippen molar-refractivity contribution in [3.05, 3.63) is 29.0 Å². The molecule has 3 N–H and O–H groups in total. The number of halogens is 1. The molecule has 1 saturated carbocycles. The van der Waals surface area contributed by atoms with Gasteiger partial charge in [0.1, 0.15) is 5.82 Å². The number of aliphatic hydroxyl groups excluding tert-OH is 1. The lowest BCUT2D eigenvalue weighted by molar-refractivity contribution is -0.135. The van der Waals surface area contributed by atoms with Crippen LogP contribution in [0.3, 0.4) is 0 Å². The molecule has 1 aromatic carbocycles. The quantitative estimate of drug-likeness (QED) is 0.669. The number of aliphatic hydroxyl groups is 1. The van der Waals surface area contributed by atoms with E-state index in [0.717, 1.165) is 36.2 Å². The summed E-state index contributed by atoms with van der Waals surface area (Å²) in [4.78, 5) is 35.8. The highest BCUT2D eigenvalue weighted by Gasteiger charge is 2.42. The summed E-state index contributed by atoms with van der Waals surface area (Å²) in [6, 6.07) is 5.14. The monoisotopic (exact) mass is 419 g/mol. The summed E-state index contributed by atoms with van der Waals surface area (Å²) in [7, 11) is 1.75. The number of nitrogens with one attached hydrogen (secondary N) is 2. The molecule has 1 aliphatic heterocycles. The molecule has 1 saturated heterocycles. The molecule has 0 bridgehead atoms. The van der Waals surface area contributed by atoms with Crippen LogP contribution >= 0.6 is 11.6 Å². The first-order valence-electron chi connectivity index (χ1n) is 10.0. The van der Waals surface area contributed by atoms with E-state index in [2.05, 4.69) is 15.3 Å². The number of piperazine rings is 1. The fourth-order valence-electron chi connectivity index (χ4n) is 4.44. The lowest BCUT2D eigenvalue weighted by atomic mass is 10.1. The molecular formula is C20H26ClN5O3. The molecular weight excluding hydrogens is 394 g/mol. The summed E-state index contributed by atoms with van der Waals surface area (Å²) in [5.41, 5.74) is 1.68. The third-order valence-corrected chi connectivity index (χ3v) is 6.28. The van der Waals surface area contributed by atoms with Crippen LogP contribution in [0.2, 0.25) is 5.02 Å². The zero-order valence-corrected chi connectivity index (χ0v) is 17.2. The fraction of sp³-hybridized carbons (Fsp3) is 0.550. The van der Waals surface area contributed by atoms with Gasteiger partial charge < -0.3 is 20.3 Å². The zero-order chi connectivity index (χ0) is 20.5. The van der Waals surface area contributed by atoms with Crippen LogP contribution < -0.4 is 5.32 Å². The third kappa shape index (κ3) is 4.24. The van der Waals surface area contributed by atoms with Gasteiger partial charge in [-0.25, -0.2) is 4.98 Å². The van der Waals surface area contributed by atoms with Crippen molar-refractivity contribution >= 4 is 34.4 Å². The van der Waals surface area contributed by atoms with E-state index in [9.17, 15) is 14.7 Å². The van der Waals surface area contributed by atoms with Gasteiger partial charge in [-0.15, -0.1) is 0 Å². The summed E-state index contributed by atoms with van der Waals surface area (Å²) in [6.45, 7) is 1.64. The minimum atomic E-state index is -0.650. The van der Waals surface area contributed by atoms with Gasteiger partial charge >= 0.3 is 0 Å². The highest BCUT2D eigenvalue weighted by Crippen LogP contribution is 2.29. The van der Waals surface area contributed by atoms with E-state index in [1.165, 1.54) is 0 Å². The Morgan fingerprint density at radius 2 is 2.24 bits per heavy atom. The van der Waals surface area contributed by atoms with Crippen molar-refractivity contribution in [2.24, 2.45) is 0 Å². The van der Waals surface area contributed by atoms with Crippen molar-refractivity contribution in [1.82, 2.24) is 25.1 Å². The van der Waals surface area contributed by atoms with E-state index < -0.39 is 6.10 Å². The van der Waals surface area contributed by atoms with Crippen LogP contribution in [0.15, 0.2) is 18.2 Å². The molecule has 0 radical (unpaired) electrons. The number of amides is 2. The smallest absolute Gasteiger partial charge is 0.234 e. The molecule has 2 fully saturated rings. The number of hydrogen-bond donors (Lipinski definition) is 3. The Balaban J connectivity index is 1.34. The Morgan fingerprint density at radius 1 is 1.41 bits per heavy atom. The molecule has 2 heterocycles. The average molecular weight is 420 g/mol. The van der Waals surface area contributed by atoms with Crippen molar-refractivity contribution in [2.75, 3.05) is 26.7 Å². The average Bonchev–Trinajstić information content (AvgIpc) is 3.28. The van der Waals surface area contributed by atoms with Gasteiger partial charge in [0.25, 0.3) is 0 Å². The van der Waals surface area contributed by atoms with Crippen molar-refractivity contribution in [2.45, 2.75) is 43.9 Å². The van der Waals surface area contributed by atoms with Crippen molar-refractivity contribution in [3.63, 3.8) is 0 Å². The lowest BCUT2D eigenvalue weighted by Crippen LogP contribution is -2.55. The van der Waals surface area contributed by atoms with Crippen LogP contribution in [0.4, 0.5) is 0 Å². The summed E-state index contributed by atoms with van der Waals surface area (Å²) in [6.07, 6.45) is 1.66. The Bertz CT molecular complexity index is 917. The SMILES string of the molecule is CN(C(=O)CCc1nc2ccc(Cl)cc2[nH]1)[C@@H]1CC[C@@H](N2CCNC(=O)C2)[C@@H]1O. The van der Waals surface area contributed by atoms with Crippen LogP contribution in [0, 0.1) is 0 Å². The maximum absolute atomic E-state index is 12.7. The maximum Gasteiger partial charge on any atom is 0.234 e. The molecule has 156 valence electrons. The Kier molecular flexibility index (Phi) is 5.76. The number of aromatic amines is 1. The minimum absolute atomic E-state index is 0.0107. The molecule has 2 aliphatic rings. The second kappa shape index (κ2) is 8.30. The van der Waals surface area contributed by atoms with Crippen LogP contribution in [0.5, 0.6) is 0 Å². The second-order valence-electron chi connectivity index (χ2n) is 7.87. The number of imidazole rings is 1. The van der Waals surface area contributed by atoms with Crippen LogP contribution in [0.1, 0.15) is 25.1 Å². The van der Waals surface area contributed by atoms with Gasteiger partial charge in [0.05, 0.1) is 29.7 Å². The van der Waals surface area contributed by atoms with E-state index in [-0.39, 0.29) is 23.9 Å². The molecule has 8 nitrogen and oxygen atoms in total. The zero-order valence-electron chi connectivity index (χ0n) is 16.4. The second-order valence-corrected chi connectivity index (χ2v) is 8.31. The van der Waals surface area contributed by atoms with E-state index >= 15 is 0 Å². The normalized spacial score (nSPS) is 25.3. The van der Waals surface area contributed by atoms with Crippen LogP contribution in [0.25, 0.3) is 11.0 Å². The number of carbonyl (C=O) groups is 2. The molecule has 9 heteroatoms. The number of aryl methyl sites for hydroxylation is 1. The number of benzene rings is 1. The highest BCUT2D eigenvalue weighted by molar-refractivity contribution is 6.31. The number of fused-ring (bicyclic) bond motifs is 1. The van der Waals surface area contributed by atoms with Crippen LogP contribution in [-0.4, -0.2) is 81.6 Å². The van der Waals surface area contributed by atoms with Crippen molar-refractivity contribution < 1.29 is 14.7 Å². The predicted molar refractivity (Wildman–Crippen MR) is 110 cm³/mol. The number of hydrogen-bond acceptors (Lipinski definition) is 5. The molecule has 3 atom stereocenters. The molecule has 2 amide bonds. The minimum Gasteiger partial charge on any atom is -0.389 e.